The summed E-state index contributed by atoms with van der Waals surface area (Å²) in [5, 5.41) is 13.5. The van der Waals surface area contributed by atoms with Crippen LogP contribution in [-0.2, 0) is 11.2 Å². The van der Waals surface area contributed by atoms with Crippen molar-refractivity contribution in [2.45, 2.75) is 51.9 Å². The molecular weight excluding hydrogens is 338 g/mol. The zero-order chi connectivity index (χ0) is 19.9. The van der Waals surface area contributed by atoms with Gasteiger partial charge in [-0.3, -0.25) is 4.79 Å². The Morgan fingerprint density at radius 2 is 1.70 bits per heavy atom. The van der Waals surface area contributed by atoms with E-state index >= 15 is 0 Å². The summed E-state index contributed by atoms with van der Waals surface area (Å²) in [7, 11) is 0. The minimum absolute atomic E-state index is 0.0628. The second-order valence-corrected chi connectivity index (χ2v) is 8.03. The Hall–Kier alpha value is -2.01. The summed E-state index contributed by atoms with van der Waals surface area (Å²) < 4.78 is 5.88. The van der Waals surface area contributed by atoms with Crippen molar-refractivity contribution < 1.29 is 14.6 Å². The van der Waals surface area contributed by atoms with Gasteiger partial charge in [-0.2, -0.15) is 0 Å². The number of aliphatic hydroxyl groups is 1. The Morgan fingerprint density at radius 1 is 1.07 bits per heavy atom. The molecule has 4 heteroatoms. The molecule has 2 unspecified atom stereocenters. The van der Waals surface area contributed by atoms with Crippen molar-refractivity contribution in [3.05, 3.63) is 71.3 Å². The molecule has 0 aliphatic carbocycles. The minimum Gasteiger partial charge on any atom is -0.389 e. The summed E-state index contributed by atoms with van der Waals surface area (Å²) in [6, 6.07) is 17.3. The van der Waals surface area contributed by atoms with Gasteiger partial charge in [-0.1, -0.05) is 60.2 Å². The predicted molar refractivity (Wildman–Crippen MR) is 109 cm³/mol. The lowest BCUT2D eigenvalue weighted by Crippen LogP contribution is -2.43. The highest BCUT2D eigenvalue weighted by Gasteiger charge is 2.23. The van der Waals surface area contributed by atoms with Crippen LogP contribution in [0.5, 0.6) is 0 Å². The van der Waals surface area contributed by atoms with Crippen LogP contribution in [0.1, 0.15) is 42.3 Å². The molecule has 146 valence electrons. The lowest BCUT2D eigenvalue weighted by Gasteiger charge is -2.24. The van der Waals surface area contributed by atoms with Gasteiger partial charge >= 0.3 is 0 Å². The number of nitrogens with one attached hydrogen (secondary N) is 1. The van der Waals surface area contributed by atoms with Crippen LogP contribution in [0, 0.1) is 6.92 Å². The van der Waals surface area contributed by atoms with Gasteiger partial charge < -0.3 is 15.2 Å². The third kappa shape index (κ3) is 7.63. The van der Waals surface area contributed by atoms with E-state index in [0.29, 0.717) is 18.5 Å². The molecule has 2 aromatic rings. The number of aliphatic hydroxyl groups excluding tert-OH is 1. The number of hydrogen-bond donors (Lipinski definition) is 2. The van der Waals surface area contributed by atoms with Crippen LogP contribution in [0.25, 0.3) is 0 Å². The van der Waals surface area contributed by atoms with Gasteiger partial charge in [0.15, 0.2) is 5.78 Å². The minimum atomic E-state index is -0.673. The molecule has 0 heterocycles. The molecular formula is C23H31NO3. The third-order valence-corrected chi connectivity index (χ3v) is 4.25. The molecule has 4 nitrogen and oxygen atoms in total. The maximum Gasteiger partial charge on any atom is 0.191 e. The third-order valence-electron chi connectivity index (χ3n) is 4.25. The molecule has 0 saturated carbocycles. The van der Waals surface area contributed by atoms with Crippen molar-refractivity contribution >= 4 is 5.78 Å². The first-order valence-electron chi connectivity index (χ1n) is 9.44. The van der Waals surface area contributed by atoms with Crippen LogP contribution in [0.15, 0.2) is 54.6 Å². The molecule has 0 saturated heterocycles. The van der Waals surface area contributed by atoms with Gasteiger partial charge in [0.25, 0.3) is 0 Å². The van der Waals surface area contributed by atoms with Crippen LogP contribution >= 0.6 is 0 Å². The molecule has 0 spiro atoms. The van der Waals surface area contributed by atoms with Crippen molar-refractivity contribution in [2.75, 3.05) is 13.2 Å². The average Bonchev–Trinajstić information content (AvgIpc) is 2.64. The summed E-state index contributed by atoms with van der Waals surface area (Å²) in [6.45, 7) is 8.68. The SMILES string of the molecule is Cc1ccc(CC(OCC(O)CNC(C)(C)C)C(=O)c2ccccc2)cc1. The number of Topliss-reactive ketones (excluding diaryl/α,β-unsaturated/α-hetero) is 1. The highest BCUT2D eigenvalue weighted by atomic mass is 16.5. The normalized spacial score (nSPS) is 14.0. The molecule has 2 rings (SSSR count). The van der Waals surface area contributed by atoms with Gasteiger partial charge in [0.2, 0.25) is 0 Å². The predicted octanol–water partition coefficient (Wildman–Crippen LogP) is 3.55. The number of ketones is 1. The fourth-order valence-electron chi connectivity index (χ4n) is 2.66. The van der Waals surface area contributed by atoms with Gasteiger partial charge in [-0.15, -0.1) is 0 Å². The van der Waals surface area contributed by atoms with Gasteiger partial charge in [0.1, 0.15) is 6.10 Å². The van der Waals surface area contributed by atoms with E-state index in [1.165, 1.54) is 5.56 Å². The Balaban J connectivity index is 2.05. The molecule has 2 N–H and O–H groups in total. The monoisotopic (exact) mass is 369 g/mol. The van der Waals surface area contributed by atoms with Gasteiger partial charge in [0.05, 0.1) is 12.7 Å². The molecule has 0 bridgehead atoms. The van der Waals surface area contributed by atoms with E-state index in [1.54, 1.807) is 12.1 Å². The highest BCUT2D eigenvalue weighted by molar-refractivity contribution is 5.99. The molecule has 0 aromatic heterocycles. The first-order chi connectivity index (χ1) is 12.7. The molecule has 2 aromatic carbocycles. The average molecular weight is 370 g/mol. The smallest absolute Gasteiger partial charge is 0.191 e. The summed E-state index contributed by atoms with van der Waals surface area (Å²) in [5.74, 6) is -0.0628. The van der Waals surface area contributed by atoms with Crippen LogP contribution in [0.4, 0.5) is 0 Å². The van der Waals surface area contributed by atoms with E-state index in [4.69, 9.17) is 4.74 Å². The van der Waals surface area contributed by atoms with Crippen LogP contribution in [-0.4, -0.2) is 41.8 Å². The lowest BCUT2D eigenvalue weighted by atomic mass is 9.99. The quantitative estimate of drug-likeness (QED) is 0.664. The summed E-state index contributed by atoms with van der Waals surface area (Å²) >= 11 is 0. The number of benzene rings is 2. The molecule has 0 aliphatic rings. The van der Waals surface area contributed by atoms with E-state index in [-0.39, 0.29) is 17.9 Å². The molecule has 27 heavy (non-hydrogen) atoms. The Labute approximate surface area is 162 Å². The lowest BCUT2D eigenvalue weighted by molar-refractivity contribution is -0.00326. The molecule has 0 radical (unpaired) electrons. The number of β-amino-alcohol motifs (C(OH)–C–C–N with tert-alkyl or cyclic N) is 1. The highest BCUT2D eigenvalue weighted by Crippen LogP contribution is 2.14. The fourth-order valence-corrected chi connectivity index (χ4v) is 2.66. The van der Waals surface area contributed by atoms with E-state index in [0.717, 1.165) is 5.56 Å². The molecule has 2 atom stereocenters. The number of ether oxygens (including phenoxy) is 1. The van der Waals surface area contributed by atoms with Crippen molar-refractivity contribution in [3.8, 4) is 0 Å². The maximum absolute atomic E-state index is 12.9. The molecule has 0 fully saturated rings. The van der Waals surface area contributed by atoms with Crippen LogP contribution in [0.3, 0.4) is 0 Å². The van der Waals surface area contributed by atoms with E-state index < -0.39 is 12.2 Å². The largest absolute Gasteiger partial charge is 0.389 e. The van der Waals surface area contributed by atoms with Crippen molar-refractivity contribution in [2.24, 2.45) is 0 Å². The Bertz CT molecular complexity index is 705. The first-order valence-corrected chi connectivity index (χ1v) is 9.44. The molecule has 0 amide bonds. The number of hydrogen-bond acceptors (Lipinski definition) is 4. The number of aryl methyl sites for hydroxylation is 1. The zero-order valence-corrected chi connectivity index (χ0v) is 16.7. The topological polar surface area (TPSA) is 58.6 Å². The summed E-state index contributed by atoms with van der Waals surface area (Å²) in [5.41, 5.74) is 2.76. The second kappa shape index (κ2) is 9.79. The van der Waals surface area contributed by atoms with Crippen molar-refractivity contribution in [1.82, 2.24) is 5.32 Å². The summed E-state index contributed by atoms with van der Waals surface area (Å²) in [4.78, 5) is 12.9. The van der Waals surface area contributed by atoms with Gasteiger partial charge in [-0.05, 0) is 33.3 Å². The number of carbonyl (C=O) groups excluding carboxylic acids is 1. The van der Waals surface area contributed by atoms with E-state index in [9.17, 15) is 9.90 Å². The van der Waals surface area contributed by atoms with Crippen molar-refractivity contribution in [3.63, 3.8) is 0 Å². The van der Waals surface area contributed by atoms with E-state index in [2.05, 4.69) is 5.32 Å². The fraction of sp³-hybridized carbons (Fsp3) is 0.435. The van der Waals surface area contributed by atoms with Crippen LogP contribution < -0.4 is 5.32 Å². The number of rotatable bonds is 9. The van der Waals surface area contributed by atoms with E-state index in [1.807, 2.05) is 70.2 Å². The summed E-state index contributed by atoms with van der Waals surface area (Å²) in [6.07, 6.45) is -0.819. The van der Waals surface area contributed by atoms with Crippen LogP contribution in [0.2, 0.25) is 0 Å². The first kappa shape index (κ1) is 21.3. The second-order valence-electron chi connectivity index (χ2n) is 8.03. The zero-order valence-electron chi connectivity index (χ0n) is 16.7. The van der Waals surface area contributed by atoms with Crippen molar-refractivity contribution in [1.29, 1.82) is 0 Å². The van der Waals surface area contributed by atoms with Gasteiger partial charge in [0, 0.05) is 24.1 Å². The Kier molecular flexibility index (Phi) is 7.72. The Morgan fingerprint density at radius 3 is 2.30 bits per heavy atom. The molecule has 0 aliphatic heterocycles. The standard InChI is InChI=1S/C23H31NO3/c1-17-10-12-18(13-11-17)14-21(22(26)19-8-6-5-7-9-19)27-16-20(25)15-24-23(2,3)4/h5-13,20-21,24-25H,14-16H2,1-4H3. The number of carbonyl (C=O) groups is 1. The maximum atomic E-state index is 12.9. The van der Waals surface area contributed by atoms with Gasteiger partial charge in [-0.25, -0.2) is 0 Å².